The monoisotopic (exact) mass is 276 g/mol. The van der Waals surface area contributed by atoms with Crippen molar-refractivity contribution < 1.29 is 14.3 Å². The van der Waals surface area contributed by atoms with Gasteiger partial charge in [-0.05, 0) is 44.2 Å². The van der Waals surface area contributed by atoms with Crippen molar-refractivity contribution in [2.24, 2.45) is 0 Å². The second-order valence-electron chi connectivity index (χ2n) is 4.14. The summed E-state index contributed by atoms with van der Waals surface area (Å²) in [5.41, 5.74) is 0.620. The molecule has 0 fully saturated rings. The van der Waals surface area contributed by atoms with Gasteiger partial charge in [-0.25, -0.2) is 0 Å². The predicted octanol–water partition coefficient (Wildman–Crippen LogP) is 1.87. The summed E-state index contributed by atoms with van der Waals surface area (Å²) in [5, 5.41) is 11.9. The van der Waals surface area contributed by atoms with Gasteiger partial charge in [0.05, 0.1) is 18.2 Å². The van der Waals surface area contributed by atoms with Gasteiger partial charge in [-0.3, -0.25) is 4.79 Å². The molecule has 0 saturated carbocycles. The fourth-order valence-corrected chi connectivity index (χ4v) is 1.58. The molecule has 0 heterocycles. The molecule has 5 heteroatoms. The summed E-state index contributed by atoms with van der Waals surface area (Å²) in [6.07, 6.45) is 1.20. The zero-order valence-corrected chi connectivity index (χ0v) is 11.7. The van der Waals surface area contributed by atoms with E-state index in [0.29, 0.717) is 31.7 Å². The molecule has 1 aromatic carbocycles. The quantitative estimate of drug-likeness (QED) is 0.550. The number of carbonyl (C=O) groups is 1. The number of nitrogens with zero attached hydrogens (tertiary/aromatic N) is 1. The third-order valence-corrected chi connectivity index (χ3v) is 2.57. The number of esters is 1. The van der Waals surface area contributed by atoms with Crippen LogP contribution in [-0.2, 0) is 9.53 Å². The summed E-state index contributed by atoms with van der Waals surface area (Å²) in [7, 11) is 0. The Morgan fingerprint density at radius 3 is 2.70 bits per heavy atom. The van der Waals surface area contributed by atoms with Crippen LogP contribution in [0.25, 0.3) is 0 Å². The third kappa shape index (κ3) is 6.76. The number of hydrogen-bond donors (Lipinski definition) is 1. The molecule has 1 aromatic rings. The molecule has 0 bridgehead atoms. The average Bonchev–Trinajstić information content (AvgIpc) is 2.47. The van der Waals surface area contributed by atoms with Crippen LogP contribution in [-0.4, -0.2) is 32.3 Å². The van der Waals surface area contributed by atoms with Gasteiger partial charge in [0.1, 0.15) is 12.4 Å². The standard InChI is InChI=1S/C15H20N2O3/c1-2-19-15(18)4-3-9-17-10-11-20-14-7-5-13(12-16)6-8-14/h5-8,17H,2-4,9-11H2,1H3. The molecule has 0 spiro atoms. The number of carbonyl (C=O) groups excluding carboxylic acids is 1. The van der Waals surface area contributed by atoms with Crippen molar-refractivity contribution >= 4 is 5.97 Å². The van der Waals surface area contributed by atoms with Crippen molar-refractivity contribution in [3.63, 3.8) is 0 Å². The van der Waals surface area contributed by atoms with Crippen molar-refractivity contribution in [1.29, 1.82) is 5.26 Å². The maximum absolute atomic E-state index is 11.1. The van der Waals surface area contributed by atoms with Gasteiger partial charge >= 0.3 is 5.97 Å². The molecular weight excluding hydrogens is 256 g/mol. The lowest BCUT2D eigenvalue weighted by molar-refractivity contribution is -0.143. The molecule has 5 nitrogen and oxygen atoms in total. The Kier molecular flexibility index (Phi) is 7.85. The summed E-state index contributed by atoms with van der Waals surface area (Å²) in [5.74, 6) is 0.598. The SMILES string of the molecule is CCOC(=O)CCCNCCOc1ccc(C#N)cc1. The minimum Gasteiger partial charge on any atom is -0.492 e. The van der Waals surface area contributed by atoms with Crippen LogP contribution in [0.2, 0.25) is 0 Å². The lowest BCUT2D eigenvalue weighted by Crippen LogP contribution is -2.22. The Morgan fingerprint density at radius 2 is 2.05 bits per heavy atom. The van der Waals surface area contributed by atoms with Crippen LogP contribution in [0.3, 0.4) is 0 Å². The van der Waals surface area contributed by atoms with Crippen LogP contribution < -0.4 is 10.1 Å². The first-order valence-electron chi connectivity index (χ1n) is 6.75. The average molecular weight is 276 g/mol. The number of nitriles is 1. The molecule has 0 unspecified atom stereocenters. The van der Waals surface area contributed by atoms with Gasteiger partial charge in [-0.1, -0.05) is 0 Å². The highest BCUT2D eigenvalue weighted by molar-refractivity contribution is 5.69. The second-order valence-corrected chi connectivity index (χ2v) is 4.14. The maximum atomic E-state index is 11.1. The van der Waals surface area contributed by atoms with Crippen molar-refractivity contribution in [1.82, 2.24) is 5.32 Å². The molecule has 0 aliphatic heterocycles. The highest BCUT2D eigenvalue weighted by Crippen LogP contribution is 2.10. The van der Waals surface area contributed by atoms with Crippen molar-refractivity contribution in [3.8, 4) is 11.8 Å². The Balaban J connectivity index is 2.02. The van der Waals surface area contributed by atoms with Gasteiger partial charge in [-0.2, -0.15) is 5.26 Å². The predicted molar refractivity (Wildman–Crippen MR) is 75.4 cm³/mol. The van der Waals surface area contributed by atoms with E-state index in [1.807, 2.05) is 0 Å². The van der Waals surface area contributed by atoms with Crippen LogP contribution in [0.15, 0.2) is 24.3 Å². The zero-order valence-electron chi connectivity index (χ0n) is 11.7. The molecule has 108 valence electrons. The summed E-state index contributed by atoms with van der Waals surface area (Å²) in [6.45, 7) is 4.25. The van der Waals surface area contributed by atoms with Crippen molar-refractivity contribution in [2.45, 2.75) is 19.8 Å². The smallest absolute Gasteiger partial charge is 0.305 e. The normalized spacial score (nSPS) is 9.80. The lowest BCUT2D eigenvalue weighted by atomic mass is 10.2. The number of benzene rings is 1. The molecule has 20 heavy (non-hydrogen) atoms. The Bertz CT molecular complexity index is 437. The molecule has 0 amide bonds. The van der Waals surface area contributed by atoms with E-state index >= 15 is 0 Å². The summed E-state index contributed by atoms with van der Waals surface area (Å²) >= 11 is 0. The highest BCUT2D eigenvalue weighted by atomic mass is 16.5. The molecule has 0 aromatic heterocycles. The molecule has 0 aliphatic carbocycles. The zero-order chi connectivity index (χ0) is 14.6. The maximum Gasteiger partial charge on any atom is 0.305 e. The first-order chi connectivity index (χ1) is 9.76. The van der Waals surface area contributed by atoms with Crippen LogP contribution in [0.4, 0.5) is 0 Å². The molecular formula is C15H20N2O3. The van der Waals surface area contributed by atoms with Gasteiger partial charge in [0, 0.05) is 13.0 Å². The summed E-state index contributed by atoms with van der Waals surface area (Å²) in [4.78, 5) is 11.1. The lowest BCUT2D eigenvalue weighted by Gasteiger charge is -2.07. The first-order valence-corrected chi connectivity index (χ1v) is 6.75. The number of nitrogens with one attached hydrogen (secondary N) is 1. The first kappa shape index (κ1) is 16.0. The molecule has 1 N–H and O–H groups in total. The number of ether oxygens (including phenoxy) is 2. The van der Waals surface area contributed by atoms with Gasteiger partial charge < -0.3 is 14.8 Å². The summed E-state index contributed by atoms with van der Waals surface area (Å²) < 4.78 is 10.3. The van der Waals surface area contributed by atoms with Gasteiger partial charge in [0.25, 0.3) is 0 Å². The highest BCUT2D eigenvalue weighted by Gasteiger charge is 2.00. The fraction of sp³-hybridized carbons (Fsp3) is 0.467. The Hall–Kier alpha value is -2.06. The molecule has 0 atom stereocenters. The molecule has 0 aliphatic rings. The van der Waals surface area contributed by atoms with Crippen LogP contribution >= 0.6 is 0 Å². The largest absolute Gasteiger partial charge is 0.492 e. The third-order valence-electron chi connectivity index (χ3n) is 2.57. The van der Waals surface area contributed by atoms with Crippen molar-refractivity contribution in [2.75, 3.05) is 26.3 Å². The van der Waals surface area contributed by atoms with E-state index in [-0.39, 0.29) is 5.97 Å². The minimum atomic E-state index is -0.150. The van der Waals surface area contributed by atoms with Gasteiger partial charge in [0.15, 0.2) is 0 Å². The van der Waals surface area contributed by atoms with Crippen LogP contribution in [0, 0.1) is 11.3 Å². The van der Waals surface area contributed by atoms with Crippen molar-refractivity contribution in [3.05, 3.63) is 29.8 Å². The molecule has 0 saturated heterocycles. The second kappa shape index (κ2) is 9.82. The van der Waals surface area contributed by atoms with E-state index in [2.05, 4.69) is 11.4 Å². The topological polar surface area (TPSA) is 71.3 Å². The molecule has 0 radical (unpaired) electrons. The Morgan fingerprint density at radius 1 is 1.30 bits per heavy atom. The summed E-state index contributed by atoms with van der Waals surface area (Å²) in [6, 6.07) is 9.06. The van der Waals surface area contributed by atoms with E-state index in [0.717, 1.165) is 18.7 Å². The number of hydrogen-bond acceptors (Lipinski definition) is 5. The van der Waals surface area contributed by atoms with E-state index in [9.17, 15) is 4.79 Å². The van der Waals surface area contributed by atoms with E-state index in [1.165, 1.54) is 0 Å². The van der Waals surface area contributed by atoms with Crippen LogP contribution in [0.1, 0.15) is 25.3 Å². The molecule has 1 rings (SSSR count). The number of rotatable bonds is 9. The van der Waals surface area contributed by atoms with Gasteiger partial charge in [-0.15, -0.1) is 0 Å². The van der Waals surface area contributed by atoms with E-state index < -0.39 is 0 Å². The fourth-order valence-electron chi connectivity index (χ4n) is 1.58. The van der Waals surface area contributed by atoms with Gasteiger partial charge in [0.2, 0.25) is 0 Å². The minimum absolute atomic E-state index is 0.150. The van der Waals surface area contributed by atoms with E-state index in [4.69, 9.17) is 14.7 Å². The van der Waals surface area contributed by atoms with E-state index in [1.54, 1.807) is 31.2 Å². The Labute approximate surface area is 119 Å². The van der Waals surface area contributed by atoms with Crippen LogP contribution in [0.5, 0.6) is 5.75 Å².